The molecule has 2 saturated heterocycles. The van der Waals surface area contributed by atoms with Crippen LogP contribution in [0, 0.1) is 0 Å². The summed E-state index contributed by atoms with van der Waals surface area (Å²) in [5.74, 6) is -3.68. The topological polar surface area (TPSA) is 79.0 Å². The number of halogens is 2. The van der Waals surface area contributed by atoms with E-state index in [1.165, 1.54) is 12.1 Å². The number of ether oxygens (including phenoxy) is 1. The molecule has 168 valence electrons. The number of hydrogen-bond acceptors (Lipinski definition) is 6. The lowest BCUT2D eigenvalue weighted by Crippen LogP contribution is -2.50. The van der Waals surface area contributed by atoms with E-state index in [0.717, 1.165) is 51.2 Å². The van der Waals surface area contributed by atoms with Gasteiger partial charge in [0.25, 0.3) is 0 Å². The van der Waals surface area contributed by atoms with Gasteiger partial charge < -0.3 is 10.1 Å². The number of carbonyl (C=O) groups excluding carboxylic acids is 1. The Morgan fingerprint density at radius 3 is 2.43 bits per heavy atom. The second-order valence-corrected chi connectivity index (χ2v) is 10.0. The average molecular weight is 446 g/mol. The van der Waals surface area contributed by atoms with Crippen molar-refractivity contribution in [1.29, 1.82) is 0 Å². The highest BCUT2D eigenvalue weighted by atomic mass is 32.2. The fraction of sp³-hybridized carbons (Fsp3) is 0.650. The van der Waals surface area contributed by atoms with E-state index in [1.807, 2.05) is 0 Å². The molecule has 30 heavy (non-hydrogen) atoms. The van der Waals surface area contributed by atoms with Crippen molar-refractivity contribution < 1.29 is 26.7 Å². The zero-order chi connectivity index (χ0) is 21.9. The van der Waals surface area contributed by atoms with E-state index in [4.69, 9.17) is 4.74 Å². The molecule has 0 radical (unpaired) electrons. The Labute approximate surface area is 176 Å². The SMILES string of the molecule is CC1CN(CC2CCCN2CC(=O)Nc2ccc(S(=O)(=O)C(F)F)cc2)CC(C)O1. The van der Waals surface area contributed by atoms with Gasteiger partial charge in [-0.2, -0.15) is 8.78 Å². The van der Waals surface area contributed by atoms with E-state index in [-0.39, 0.29) is 24.7 Å². The van der Waals surface area contributed by atoms with Gasteiger partial charge in [-0.3, -0.25) is 14.6 Å². The number of hydrogen-bond donors (Lipinski definition) is 1. The minimum absolute atomic E-state index is 0.198. The van der Waals surface area contributed by atoms with Gasteiger partial charge in [-0.15, -0.1) is 0 Å². The van der Waals surface area contributed by atoms with Crippen LogP contribution in [-0.4, -0.2) is 80.9 Å². The predicted molar refractivity (Wildman–Crippen MR) is 109 cm³/mol. The Hall–Kier alpha value is -1.62. The number of alkyl halides is 2. The minimum atomic E-state index is -4.64. The third-order valence-corrected chi connectivity index (χ3v) is 6.91. The number of rotatable bonds is 7. The first-order valence-corrected chi connectivity index (χ1v) is 11.7. The molecule has 0 aromatic heterocycles. The van der Waals surface area contributed by atoms with Crippen LogP contribution in [0.2, 0.25) is 0 Å². The van der Waals surface area contributed by atoms with Crippen LogP contribution in [0.1, 0.15) is 26.7 Å². The predicted octanol–water partition coefficient (Wildman–Crippen LogP) is 2.20. The number of carbonyl (C=O) groups is 1. The number of likely N-dealkylation sites (tertiary alicyclic amines) is 1. The lowest BCUT2D eigenvalue weighted by Gasteiger charge is -2.38. The zero-order valence-corrected chi connectivity index (χ0v) is 18.1. The van der Waals surface area contributed by atoms with E-state index in [2.05, 4.69) is 29.0 Å². The zero-order valence-electron chi connectivity index (χ0n) is 17.3. The van der Waals surface area contributed by atoms with E-state index >= 15 is 0 Å². The molecule has 1 aromatic carbocycles. The summed E-state index contributed by atoms with van der Waals surface area (Å²) in [5.41, 5.74) is 0.375. The van der Waals surface area contributed by atoms with E-state index < -0.39 is 20.5 Å². The summed E-state index contributed by atoms with van der Waals surface area (Å²) < 4.78 is 54.0. The fourth-order valence-electron chi connectivity index (χ4n) is 4.26. The number of nitrogens with zero attached hydrogens (tertiary/aromatic N) is 2. The molecule has 0 saturated carbocycles. The Morgan fingerprint density at radius 1 is 1.20 bits per heavy atom. The summed E-state index contributed by atoms with van der Waals surface area (Å²) >= 11 is 0. The normalized spacial score (nSPS) is 26.2. The largest absolute Gasteiger partial charge is 0.373 e. The third-order valence-electron chi connectivity index (χ3n) is 5.51. The van der Waals surface area contributed by atoms with Gasteiger partial charge in [0.05, 0.1) is 23.6 Å². The summed E-state index contributed by atoms with van der Waals surface area (Å²) in [6, 6.07) is 5.11. The number of morpholine rings is 1. The molecular weight excluding hydrogens is 416 g/mol. The Balaban J connectivity index is 1.54. The molecule has 1 N–H and O–H groups in total. The molecule has 2 aliphatic heterocycles. The molecule has 0 spiro atoms. The van der Waals surface area contributed by atoms with E-state index in [9.17, 15) is 22.0 Å². The molecule has 2 aliphatic rings. The lowest BCUT2D eigenvalue weighted by molar-refractivity contribution is -0.117. The second kappa shape index (κ2) is 9.67. The van der Waals surface area contributed by atoms with Crippen molar-refractivity contribution in [2.45, 2.75) is 55.6 Å². The molecule has 3 rings (SSSR count). The van der Waals surface area contributed by atoms with E-state index in [0.29, 0.717) is 11.7 Å². The summed E-state index contributed by atoms with van der Waals surface area (Å²) in [4.78, 5) is 16.6. The van der Waals surface area contributed by atoms with Crippen LogP contribution >= 0.6 is 0 Å². The number of benzene rings is 1. The second-order valence-electron chi connectivity index (χ2n) is 8.12. The molecule has 2 heterocycles. The molecule has 2 fully saturated rings. The maximum Gasteiger partial charge on any atom is 0.341 e. The quantitative estimate of drug-likeness (QED) is 0.693. The van der Waals surface area contributed by atoms with Crippen LogP contribution in [0.3, 0.4) is 0 Å². The van der Waals surface area contributed by atoms with Crippen LogP contribution in [0.4, 0.5) is 14.5 Å². The Kier molecular flexibility index (Phi) is 7.43. The number of nitrogens with one attached hydrogen (secondary N) is 1. The monoisotopic (exact) mass is 445 g/mol. The Bertz CT molecular complexity index is 825. The molecule has 1 aromatic rings. The average Bonchev–Trinajstić information content (AvgIpc) is 3.07. The Morgan fingerprint density at radius 2 is 1.83 bits per heavy atom. The summed E-state index contributed by atoms with van der Waals surface area (Å²) in [6.07, 6.45) is 2.47. The molecule has 7 nitrogen and oxygen atoms in total. The molecule has 3 atom stereocenters. The fourth-order valence-corrected chi connectivity index (χ4v) is 4.98. The number of anilines is 1. The molecule has 3 unspecified atom stereocenters. The maximum atomic E-state index is 12.6. The number of sulfone groups is 1. The highest BCUT2D eigenvalue weighted by molar-refractivity contribution is 7.91. The first-order valence-electron chi connectivity index (χ1n) is 10.2. The van der Waals surface area contributed by atoms with Gasteiger partial charge in [0.15, 0.2) is 0 Å². The summed E-state index contributed by atoms with van der Waals surface area (Å²) in [5, 5.41) is 2.72. The van der Waals surface area contributed by atoms with Gasteiger partial charge in [-0.05, 0) is 57.5 Å². The lowest BCUT2D eigenvalue weighted by atomic mass is 10.1. The highest BCUT2D eigenvalue weighted by Gasteiger charge is 2.31. The molecular formula is C20H29F2N3O4S. The third kappa shape index (κ3) is 5.75. The van der Waals surface area contributed by atoms with Crippen molar-refractivity contribution in [2.75, 3.05) is 38.0 Å². The van der Waals surface area contributed by atoms with Gasteiger partial charge in [-0.1, -0.05) is 0 Å². The van der Waals surface area contributed by atoms with Crippen molar-refractivity contribution >= 4 is 21.4 Å². The molecule has 0 aliphatic carbocycles. The molecule has 1 amide bonds. The van der Waals surface area contributed by atoms with Crippen LogP contribution < -0.4 is 5.32 Å². The molecule has 10 heteroatoms. The van der Waals surface area contributed by atoms with E-state index in [1.54, 1.807) is 0 Å². The van der Waals surface area contributed by atoms with Gasteiger partial charge in [0.1, 0.15) is 0 Å². The van der Waals surface area contributed by atoms with Crippen LogP contribution in [0.5, 0.6) is 0 Å². The first-order chi connectivity index (χ1) is 14.1. The highest BCUT2D eigenvalue weighted by Crippen LogP contribution is 2.22. The minimum Gasteiger partial charge on any atom is -0.373 e. The standard InChI is InChI=1S/C20H29F2N3O4S/c1-14-10-24(11-15(2)29-14)12-17-4-3-9-25(17)13-19(26)23-16-5-7-18(8-6-16)30(27,28)20(21)22/h5-8,14-15,17,20H,3-4,9-13H2,1-2H3,(H,23,26). The van der Waals surface area contributed by atoms with Crippen molar-refractivity contribution in [3.05, 3.63) is 24.3 Å². The van der Waals surface area contributed by atoms with Crippen molar-refractivity contribution in [3.63, 3.8) is 0 Å². The van der Waals surface area contributed by atoms with Crippen molar-refractivity contribution in [1.82, 2.24) is 9.80 Å². The van der Waals surface area contributed by atoms with Crippen molar-refractivity contribution in [2.24, 2.45) is 0 Å². The van der Waals surface area contributed by atoms with Crippen molar-refractivity contribution in [3.8, 4) is 0 Å². The van der Waals surface area contributed by atoms with Crippen LogP contribution in [0.25, 0.3) is 0 Å². The summed E-state index contributed by atoms with van der Waals surface area (Å²) in [7, 11) is -4.64. The van der Waals surface area contributed by atoms with Gasteiger partial charge in [0, 0.05) is 31.4 Å². The van der Waals surface area contributed by atoms with Crippen LogP contribution in [-0.2, 0) is 19.4 Å². The first kappa shape index (κ1) is 23.1. The van der Waals surface area contributed by atoms with Crippen LogP contribution in [0.15, 0.2) is 29.2 Å². The smallest absolute Gasteiger partial charge is 0.341 e. The molecule has 0 bridgehead atoms. The number of amides is 1. The summed E-state index contributed by atoms with van der Waals surface area (Å²) in [6.45, 7) is 7.88. The van der Waals surface area contributed by atoms with Gasteiger partial charge >= 0.3 is 5.76 Å². The maximum absolute atomic E-state index is 12.6. The van der Waals surface area contributed by atoms with Gasteiger partial charge in [-0.25, -0.2) is 8.42 Å². The van der Waals surface area contributed by atoms with Gasteiger partial charge in [0.2, 0.25) is 15.7 Å².